The summed E-state index contributed by atoms with van der Waals surface area (Å²) in [5, 5.41) is 0. The van der Waals surface area contributed by atoms with E-state index < -0.39 is 11.7 Å². The number of hydrogen-bond donors (Lipinski definition) is 2. The van der Waals surface area contributed by atoms with Crippen LogP contribution in [0.3, 0.4) is 0 Å². The second-order valence-corrected chi connectivity index (χ2v) is 6.06. The molecule has 3 N–H and O–H groups in total. The van der Waals surface area contributed by atoms with E-state index in [1.165, 1.54) is 12.1 Å². The highest BCUT2D eigenvalue weighted by molar-refractivity contribution is 5.29. The molecule has 1 aromatic carbocycles. The van der Waals surface area contributed by atoms with Gasteiger partial charge in [0.15, 0.2) is 0 Å². The van der Waals surface area contributed by atoms with Crippen LogP contribution in [0.5, 0.6) is 0 Å². The summed E-state index contributed by atoms with van der Waals surface area (Å²) in [7, 11) is 0. The van der Waals surface area contributed by atoms with E-state index in [4.69, 9.17) is 5.84 Å². The van der Waals surface area contributed by atoms with Gasteiger partial charge in [0.05, 0.1) is 5.56 Å². The van der Waals surface area contributed by atoms with Gasteiger partial charge >= 0.3 is 6.18 Å². The minimum absolute atomic E-state index is 0.120. The zero-order valence-electron chi connectivity index (χ0n) is 11.8. The molecular weight excluding hydrogens is 265 g/mol. The highest BCUT2D eigenvalue weighted by atomic mass is 19.4. The van der Waals surface area contributed by atoms with Crippen molar-refractivity contribution >= 4 is 0 Å². The minimum Gasteiger partial charge on any atom is -0.271 e. The molecule has 0 aromatic heterocycles. The molecule has 0 saturated heterocycles. The third-order valence-corrected chi connectivity index (χ3v) is 4.72. The van der Waals surface area contributed by atoms with E-state index >= 15 is 0 Å². The van der Waals surface area contributed by atoms with Gasteiger partial charge in [-0.2, -0.15) is 13.2 Å². The number of alkyl halides is 3. The topological polar surface area (TPSA) is 38.0 Å². The zero-order chi connectivity index (χ0) is 15.0. The Kier molecular flexibility index (Phi) is 4.12. The summed E-state index contributed by atoms with van der Waals surface area (Å²) in [6.07, 6.45) is -1.67. The number of rotatable bonds is 2. The van der Waals surface area contributed by atoms with Gasteiger partial charge in [0, 0.05) is 5.54 Å². The van der Waals surface area contributed by atoms with Crippen molar-refractivity contribution in [3.8, 4) is 0 Å². The molecule has 1 aliphatic carbocycles. The predicted molar refractivity (Wildman–Crippen MR) is 72.9 cm³/mol. The van der Waals surface area contributed by atoms with E-state index in [2.05, 4.69) is 12.3 Å². The molecular formula is C15H21F3N2. The average Bonchev–Trinajstić information content (AvgIpc) is 2.41. The highest BCUT2D eigenvalue weighted by Crippen LogP contribution is 2.42. The van der Waals surface area contributed by atoms with Crippen LogP contribution in [-0.4, -0.2) is 5.54 Å². The van der Waals surface area contributed by atoms with Crippen LogP contribution >= 0.6 is 0 Å². The van der Waals surface area contributed by atoms with E-state index in [-0.39, 0.29) is 11.5 Å². The largest absolute Gasteiger partial charge is 0.416 e. The van der Waals surface area contributed by atoms with E-state index in [9.17, 15) is 13.2 Å². The van der Waals surface area contributed by atoms with Crippen molar-refractivity contribution in [1.82, 2.24) is 5.43 Å². The molecule has 1 aromatic rings. The van der Waals surface area contributed by atoms with Gasteiger partial charge in [0.1, 0.15) is 0 Å². The van der Waals surface area contributed by atoms with Crippen LogP contribution in [0.25, 0.3) is 0 Å². The molecule has 0 bridgehead atoms. The maximum atomic E-state index is 12.8. The molecule has 20 heavy (non-hydrogen) atoms. The lowest BCUT2D eigenvalue weighted by atomic mass is 9.68. The van der Waals surface area contributed by atoms with Crippen LogP contribution in [0, 0.1) is 5.92 Å². The Hall–Kier alpha value is -1.07. The molecule has 0 heterocycles. The number of hydrogen-bond acceptors (Lipinski definition) is 2. The normalized spacial score (nSPS) is 31.3. The van der Waals surface area contributed by atoms with Crippen LogP contribution in [0.4, 0.5) is 13.2 Å². The first-order chi connectivity index (χ1) is 9.26. The van der Waals surface area contributed by atoms with Gasteiger partial charge in [0.25, 0.3) is 0 Å². The summed E-state index contributed by atoms with van der Waals surface area (Å²) < 4.78 is 38.3. The van der Waals surface area contributed by atoms with Crippen molar-refractivity contribution in [2.45, 2.75) is 50.7 Å². The molecule has 5 heteroatoms. The van der Waals surface area contributed by atoms with Crippen molar-refractivity contribution < 1.29 is 13.2 Å². The quantitative estimate of drug-likeness (QED) is 0.640. The fourth-order valence-electron chi connectivity index (χ4n) is 3.04. The molecule has 1 aliphatic rings. The number of hydrazine groups is 1. The zero-order valence-corrected chi connectivity index (χ0v) is 11.8. The van der Waals surface area contributed by atoms with Gasteiger partial charge in [-0.05, 0) is 49.7 Å². The monoisotopic (exact) mass is 286 g/mol. The molecule has 0 radical (unpaired) electrons. The van der Waals surface area contributed by atoms with Gasteiger partial charge in [-0.3, -0.25) is 11.3 Å². The first kappa shape index (κ1) is 15.3. The molecule has 2 nitrogen and oxygen atoms in total. The Bertz CT molecular complexity index is 472. The third-order valence-electron chi connectivity index (χ3n) is 4.72. The van der Waals surface area contributed by atoms with Crippen molar-refractivity contribution in [1.29, 1.82) is 0 Å². The van der Waals surface area contributed by atoms with E-state index in [0.717, 1.165) is 30.9 Å². The lowest BCUT2D eigenvalue weighted by Gasteiger charge is -2.43. The minimum atomic E-state index is -4.28. The van der Waals surface area contributed by atoms with Gasteiger partial charge in [-0.1, -0.05) is 25.1 Å². The van der Waals surface area contributed by atoms with Gasteiger partial charge in [-0.25, -0.2) is 0 Å². The van der Waals surface area contributed by atoms with Crippen molar-refractivity contribution in [2.75, 3.05) is 0 Å². The summed E-state index contributed by atoms with van der Waals surface area (Å²) in [5.74, 6) is 6.17. The Labute approximate surface area is 117 Å². The molecule has 1 fully saturated rings. The Morgan fingerprint density at radius 1 is 1.30 bits per heavy atom. The predicted octanol–water partition coefficient (Wildman–Crippen LogP) is 3.83. The average molecular weight is 286 g/mol. The number of nitrogens with one attached hydrogen (secondary N) is 1. The van der Waals surface area contributed by atoms with Crippen molar-refractivity contribution in [3.63, 3.8) is 0 Å². The SMILES string of the molecule is CC1CCC(c2cccc(C(F)(F)F)c2)CC1(C)NN. The molecule has 3 atom stereocenters. The summed E-state index contributed by atoms with van der Waals surface area (Å²) in [6, 6.07) is 5.67. The fourth-order valence-corrected chi connectivity index (χ4v) is 3.04. The highest BCUT2D eigenvalue weighted by Gasteiger charge is 2.38. The summed E-state index contributed by atoms with van der Waals surface area (Å²) >= 11 is 0. The number of nitrogens with two attached hydrogens (primary N) is 1. The molecule has 112 valence electrons. The van der Waals surface area contributed by atoms with Crippen LogP contribution in [-0.2, 0) is 6.18 Å². The number of benzene rings is 1. The van der Waals surface area contributed by atoms with Gasteiger partial charge in [-0.15, -0.1) is 0 Å². The summed E-state index contributed by atoms with van der Waals surface area (Å²) in [6.45, 7) is 4.17. The third kappa shape index (κ3) is 2.99. The Morgan fingerprint density at radius 2 is 2.00 bits per heavy atom. The Balaban J connectivity index is 2.24. The van der Waals surface area contributed by atoms with E-state index in [1.807, 2.05) is 6.92 Å². The number of halogens is 3. The van der Waals surface area contributed by atoms with Crippen LogP contribution in [0.2, 0.25) is 0 Å². The lowest BCUT2D eigenvalue weighted by Crippen LogP contribution is -2.54. The van der Waals surface area contributed by atoms with E-state index in [1.54, 1.807) is 6.07 Å². The van der Waals surface area contributed by atoms with Crippen molar-refractivity contribution in [2.24, 2.45) is 11.8 Å². The first-order valence-electron chi connectivity index (χ1n) is 6.91. The molecule has 0 aliphatic heterocycles. The summed E-state index contributed by atoms with van der Waals surface area (Å²) in [4.78, 5) is 0. The molecule has 3 unspecified atom stereocenters. The lowest BCUT2D eigenvalue weighted by molar-refractivity contribution is -0.137. The first-order valence-corrected chi connectivity index (χ1v) is 6.91. The maximum Gasteiger partial charge on any atom is 0.416 e. The van der Waals surface area contributed by atoms with Crippen LogP contribution in [0.15, 0.2) is 24.3 Å². The second kappa shape index (κ2) is 5.37. The molecule has 0 spiro atoms. The van der Waals surface area contributed by atoms with E-state index in [0.29, 0.717) is 5.92 Å². The molecule has 0 amide bonds. The van der Waals surface area contributed by atoms with Crippen LogP contribution in [0.1, 0.15) is 50.2 Å². The standard InChI is InChI=1S/C15H21F3N2/c1-10-6-7-12(9-14(10,2)20-19)11-4-3-5-13(8-11)15(16,17)18/h3-5,8,10,12,20H,6-7,9,19H2,1-2H3. The van der Waals surface area contributed by atoms with Crippen LogP contribution < -0.4 is 11.3 Å². The Morgan fingerprint density at radius 3 is 2.60 bits per heavy atom. The van der Waals surface area contributed by atoms with Gasteiger partial charge in [0.2, 0.25) is 0 Å². The molecule has 1 saturated carbocycles. The second-order valence-electron chi connectivity index (χ2n) is 6.06. The smallest absolute Gasteiger partial charge is 0.271 e. The summed E-state index contributed by atoms with van der Waals surface area (Å²) in [5.41, 5.74) is 2.81. The van der Waals surface area contributed by atoms with Crippen molar-refractivity contribution in [3.05, 3.63) is 35.4 Å². The maximum absolute atomic E-state index is 12.8. The van der Waals surface area contributed by atoms with Gasteiger partial charge < -0.3 is 0 Å². The fraction of sp³-hybridized carbons (Fsp3) is 0.600. The molecule has 2 rings (SSSR count).